The second-order valence-corrected chi connectivity index (χ2v) is 8.04. The van der Waals surface area contributed by atoms with Crippen molar-refractivity contribution in [3.05, 3.63) is 72.5 Å². The summed E-state index contributed by atoms with van der Waals surface area (Å²) in [6.45, 7) is 4.47. The number of allylic oxidation sites excluding steroid dienone is 1. The number of benzene rings is 3. The number of furan rings is 1. The summed E-state index contributed by atoms with van der Waals surface area (Å²) in [6, 6.07) is 17.0. The molecule has 178 valence electrons. The molecule has 0 saturated carbocycles. The van der Waals surface area contributed by atoms with Gasteiger partial charge < -0.3 is 28.7 Å². The first-order valence-electron chi connectivity index (χ1n) is 11.3. The number of rotatable bonds is 7. The van der Waals surface area contributed by atoms with Gasteiger partial charge in [0.05, 0.1) is 20.0 Å². The lowest BCUT2D eigenvalue weighted by Gasteiger charge is -2.12. The number of carbonyl (C=O) groups is 1. The molecular formula is C28H25NO6. The third-order valence-corrected chi connectivity index (χ3v) is 5.79. The van der Waals surface area contributed by atoms with Gasteiger partial charge in [-0.05, 0) is 55.3 Å². The largest absolute Gasteiger partial charge is 0.497 e. The third kappa shape index (κ3) is 4.53. The van der Waals surface area contributed by atoms with Crippen LogP contribution in [0.25, 0.3) is 27.7 Å². The van der Waals surface area contributed by atoms with Crippen molar-refractivity contribution in [2.45, 2.75) is 13.8 Å². The minimum absolute atomic E-state index is 0.182. The molecule has 4 aromatic rings. The summed E-state index contributed by atoms with van der Waals surface area (Å²) in [5, 5.41) is 3.81. The summed E-state index contributed by atoms with van der Waals surface area (Å²) < 4.78 is 27.7. The van der Waals surface area contributed by atoms with Crippen molar-refractivity contribution in [2.24, 2.45) is 0 Å². The summed E-state index contributed by atoms with van der Waals surface area (Å²) in [5.74, 6) is 2.45. The molecule has 3 aromatic carbocycles. The van der Waals surface area contributed by atoms with Crippen molar-refractivity contribution < 1.29 is 28.2 Å². The van der Waals surface area contributed by atoms with E-state index in [9.17, 15) is 4.79 Å². The van der Waals surface area contributed by atoms with Crippen LogP contribution in [0.2, 0.25) is 0 Å². The van der Waals surface area contributed by atoms with Crippen LogP contribution in [-0.2, 0) is 4.79 Å². The number of nitrogens with one attached hydrogen (secondary N) is 1. The molecule has 5 rings (SSSR count). The maximum absolute atomic E-state index is 12.8. The zero-order valence-corrected chi connectivity index (χ0v) is 19.7. The molecule has 1 aliphatic heterocycles. The highest BCUT2D eigenvalue weighted by Crippen LogP contribution is 2.38. The van der Waals surface area contributed by atoms with Crippen LogP contribution < -0.4 is 24.3 Å². The van der Waals surface area contributed by atoms with Gasteiger partial charge in [-0.2, -0.15) is 0 Å². The van der Waals surface area contributed by atoms with Crippen LogP contribution in [0.5, 0.6) is 23.0 Å². The Morgan fingerprint density at radius 2 is 1.86 bits per heavy atom. The fourth-order valence-corrected chi connectivity index (χ4v) is 4.06. The molecule has 0 saturated heterocycles. The zero-order valence-electron chi connectivity index (χ0n) is 19.7. The molecule has 0 radical (unpaired) electrons. The van der Waals surface area contributed by atoms with Gasteiger partial charge in [0.25, 0.3) is 0 Å². The molecule has 0 aliphatic carbocycles. The molecule has 0 unspecified atom stereocenters. The Kier molecular flexibility index (Phi) is 6.06. The molecule has 0 spiro atoms. The van der Waals surface area contributed by atoms with Gasteiger partial charge >= 0.3 is 0 Å². The molecule has 1 N–H and O–H groups in total. The molecule has 35 heavy (non-hydrogen) atoms. The minimum atomic E-state index is -0.258. The SMILES string of the molecule is CCOc1cc2occ(-c3ccc(OC)cc3)c2cc1/C(C)=C/C(=O)Nc1ccc2c(c1)OCO2. The summed E-state index contributed by atoms with van der Waals surface area (Å²) in [4.78, 5) is 12.8. The number of fused-ring (bicyclic) bond motifs is 2. The molecule has 2 heterocycles. The van der Waals surface area contributed by atoms with E-state index in [0.29, 0.717) is 35.1 Å². The van der Waals surface area contributed by atoms with E-state index in [4.69, 9.17) is 23.4 Å². The molecule has 1 amide bonds. The zero-order chi connectivity index (χ0) is 24.4. The highest BCUT2D eigenvalue weighted by atomic mass is 16.7. The average molecular weight is 472 g/mol. The van der Waals surface area contributed by atoms with Crippen molar-refractivity contribution in [3.63, 3.8) is 0 Å². The number of methoxy groups -OCH3 is 1. The summed E-state index contributed by atoms with van der Waals surface area (Å²) in [6.07, 6.45) is 3.29. The van der Waals surface area contributed by atoms with Crippen LogP contribution in [0.1, 0.15) is 19.4 Å². The van der Waals surface area contributed by atoms with E-state index in [1.165, 1.54) is 0 Å². The van der Waals surface area contributed by atoms with Gasteiger partial charge in [-0.15, -0.1) is 0 Å². The first-order valence-corrected chi connectivity index (χ1v) is 11.3. The number of anilines is 1. The first kappa shape index (κ1) is 22.4. The van der Waals surface area contributed by atoms with Gasteiger partial charge in [0, 0.05) is 40.4 Å². The number of amides is 1. The maximum Gasteiger partial charge on any atom is 0.248 e. The van der Waals surface area contributed by atoms with Gasteiger partial charge in [0.2, 0.25) is 12.7 Å². The third-order valence-electron chi connectivity index (χ3n) is 5.79. The molecule has 1 aromatic heterocycles. The van der Waals surface area contributed by atoms with Gasteiger partial charge in [0.15, 0.2) is 11.5 Å². The highest BCUT2D eigenvalue weighted by molar-refractivity contribution is 6.05. The summed E-state index contributed by atoms with van der Waals surface area (Å²) >= 11 is 0. The van der Waals surface area contributed by atoms with Crippen LogP contribution in [-0.4, -0.2) is 26.4 Å². The number of carbonyl (C=O) groups excluding carboxylic acids is 1. The van der Waals surface area contributed by atoms with Crippen molar-refractivity contribution in [3.8, 4) is 34.1 Å². The van der Waals surface area contributed by atoms with Gasteiger partial charge in [0.1, 0.15) is 17.1 Å². The van der Waals surface area contributed by atoms with Gasteiger partial charge in [-0.1, -0.05) is 12.1 Å². The minimum Gasteiger partial charge on any atom is -0.497 e. The Hall–Kier alpha value is -4.39. The molecule has 0 bridgehead atoms. The van der Waals surface area contributed by atoms with E-state index in [1.807, 2.05) is 50.2 Å². The van der Waals surface area contributed by atoms with Crippen molar-refractivity contribution in [1.82, 2.24) is 0 Å². The fourth-order valence-electron chi connectivity index (χ4n) is 4.06. The van der Waals surface area contributed by atoms with Crippen molar-refractivity contribution in [2.75, 3.05) is 25.8 Å². The Bertz CT molecular complexity index is 1420. The maximum atomic E-state index is 12.8. The van der Waals surface area contributed by atoms with Gasteiger partial charge in [-0.3, -0.25) is 4.79 Å². The molecule has 0 atom stereocenters. The lowest BCUT2D eigenvalue weighted by atomic mass is 9.99. The topological polar surface area (TPSA) is 79.2 Å². The van der Waals surface area contributed by atoms with E-state index in [0.717, 1.165) is 33.4 Å². The fraction of sp³-hybridized carbons (Fsp3) is 0.179. The molecule has 7 heteroatoms. The Morgan fingerprint density at radius 1 is 1.06 bits per heavy atom. The molecule has 1 aliphatic rings. The monoisotopic (exact) mass is 471 g/mol. The van der Waals surface area contributed by atoms with Crippen molar-refractivity contribution in [1.29, 1.82) is 0 Å². The second kappa shape index (κ2) is 9.46. The lowest BCUT2D eigenvalue weighted by Crippen LogP contribution is -2.08. The Labute approximate surface area is 202 Å². The van der Waals surface area contributed by atoms with Crippen LogP contribution >= 0.6 is 0 Å². The second-order valence-electron chi connectivity index (χ2n) is 8.04. The van der Waals surface area contributed by atoms with E-state index < -0.39 is 0 Å². The van der Waals surface area contributed by atoms with Crippen LogP contribution in [0.3, 0.4) is 0 Å². The smallest absolute Gasteiger partial charge is 0.248 e. The van der Waals surface area contributed by atoms with E-state index in [1.54, 1.807) is 37.6 Å². The van der Waals surface area contributed by atoms with E-state index in [2.05, 4.69) is 5.32 Å². The normalized spacial score (nSPS) is 12.6. The molecular weight excluding hydrogens is 446 g/mol. The Balaban J connectivity index is 1.47. The van der Waals surface area contributed by atoms with Gasteiger partial charge in [-0.25, -0.2) is 0 Å². The number of ether oxygens (including phenoxy) is 4. The average Bonchev–Trinajstić information content (AvgIpc) is 3.50. The number of hydrogen-bond donors (Lipinski definition) is 1. The number of hydrogen-bond acceptors (Lipinski definition) is 6. The molecule has 7 nitrogen and oxygen atoms in total. The lowest BCUT2D eigenvalue weighted by molar-refractivity contribution is -0.111. The standard InChI is InChI=1S/C28H25NO6/c1-4-32-25-14-26-22(23(15-33-26)18-5-8-20(31-3)9-6-18)13-21(25)17(2)11-28(30)29-19-7-10-24-27(12-19)35-16-34-24/h5-15H,4,16H2,1-3H3,(H,29,30)/b17-11+. The van der Waals surface area contributed by atoms with Crippen LogP contribution in [0.4, 0.5) is 5.69 Å². The summed E-state index contributed by atoms with van der Waals surface area (Å²) in [5.41, 5.74) is 4.86. The van der Waals surface area contributed by atoms with E-state index in [-0.39, 0.29) is 12.7 Å². The first-order chi connectivity index (χ1) is 17.1. The van der Waals surface area contributed by atoms with E-state index >= 15 is 0 Å². The predicted molar refractivity (Wildman–Crippen MR) is 134 cm³/mol. The summed E-state index contributed by atoms with van der Waals surface area (Å²) in [7, 11) is 1.64. The van der Waals surface area contributed by atoms with Crippen molar-refractivity contribution >= 4 is 28.1 Å². The predicted octanol–water partition coefficient (Wildman–Crippen LogP) is 6.28. The molecule has 0 fully saturated rings. The highest BCUT2D eigenvalue weighted by Gasteiger charge is 2.17. The van der Waals surface area contributed by atoms with Crippen LogP contribution in [0, 0.1) is 0 Å². The van der Waals surface area contributed by atoms with Crippen LogP contribution in [0.15, 0.2) is 71.4 Å². The quantitative estimate of drug-likeness (QED) is 0.320. The Morgan fingerprint density at radius 3 is 2.63 bits per heavy atom.